The minimum atomic E-state index is 0.0601. The van der Waals surface area contributed by atoms with E-state index in [0.717, 1.165) is 44.8 Å². The number of carbonyl (C=O) groups is 1. The van der Waals surface area contributed by atoms with E-state index in [1.807, 2.05) is 24.1 Å². The summed E-state index contributed by atoms with van der Waals surface area (Å²) in [6, 6.07) is 8.21. The second kappa shape index (κ2) is 9.68. The summed E-state index contributed by atoms with van der Waals surface area (Å²) in [5.74, 6) is 1.51. The standard InChI is InChI=1S/C21H30N4O3/c1-16-19(23-28-22-16)13-21(26)24(2)14-17-7-6-11-25(15-17)12-10-18-8-4-5-9-20(18)27-3/h4-5,8-9,17H,6-7,10-15H2,1-3H3/t17-/m0/s1. The number of aromatic nitrogens is 2. The molecule has 28 heavy (non-hydrogen) atoms. The molecule has 1 aliphatic rings. The maximum absolute atomic E-state index is 12.5. The molecule has 1 fully saturated rings. The van der Waals surface area contributed by atoms with Gasteiger partial charge in [0, 0.05) is 26.7 Å². The van der Waals surface area contributed by atoms with Gasteiger partial charge in [-0.05, 0) is 50.3 Å². The quantitative estimate of drug-likeness (QED) is 0.693. The van der Waals surface area contributed by atoms with Crippen LogP contribution in [0.4, 0.5) is 0 Å². The second-order valence-corrected chi connectivity index (χ2v) is 7.62. The third-order valence-electron chi connectivity index (χ3n) is 5.52. The number of methoxy groups -OCH3 is 1. The number of piperidine rings is 1. The Morgan fingerprint density at radius 1 is 1.36 bits per heavy atom. The number of rotatable bonds is 8. The normalized spacial score (nSPS) is 17.5. The van der Waals surface area contributed by atoms with Gasteiger partial charge in [0.1, 0.15) is 17.1 Å². The van der Waals surface area contributed by atoms with Crippen molar-refractivity contribution in [2.45, 2.75) is 32.6 Å². The highest BCUT2D eigenvalue weighted by Gasteiger charge is 2.23. The van der Waals surface area contributed by atoms with Crippen molar-refractivity contribution in [3.63, 3.8) is 0 Å². The van der Waals surface area contributed by atoms with E-state index in [4.69, 9.17) is 4.74 Å². The van der Waals surface area contributed by atoms with E-state index in [1.165, 1.54) is 12.0 Å². The molecular formula is C21H30N4O3. The number of carbonyl (C=O) groups excluding carboxylic acids is 1. The molecule has 0 N–H and O–H groups in total. The monoisotopic (exact) mass is 386 g/mol. The zero-order valence-corrected chi connectivity index (χ0v) is 17.1. The fraction of sp³-hybridized carbons (Fsp3) is 0.571. The van der Waals surface area contributed by atoms with Crippen LogP contribution < -0.4 is 4.74 Å². The average molecular weight is 386 g/mol. The number of nitrogens with zero attached hydrogens (tertiary/aromatic N) is 4. The molecule has 2 heterocycles. The molecule has 1 atom stereocenters. The molecule has 0 spiro atoms. The first-order valence-corrected chi connectivity index (χ1v) is 9.93. The van der Waals surface area contributed by atoms with Gasteiger partial charge >= 0.3 is 0 Å². The topological polar surface area (TPSA) is 71.7 Å². The summed E-state index contributed by atoms with van der Waals surface area (Å²) in [5.41, 5.74) is 2.55. The van der Waals surface area contributed by atoms with Crippen LogP contribution in [0.15, 0.2) is 28.9 Å². The molecule has 7 nitrogen and oxygen atoms in total. The molecule has 1 aromatic heterocycles. The third kappa shape index (κ3) is 5.32. The molecule has 0 unspecified atom stereocenters. The van der Waals surface area contributed by atoms with Crippen LogP contribution in [0.2, 0.25) is 0 Å². The van der Waals surface area contributed by atoms with Crippen molar-refractivity contribution >= 4 is 5.91 Å². The van der Waals surface area contributed by atoms with Gasteiger partial charge in [-0.1, -0.05) is 28.5 Å². The first-order chi connectivity index (χ1) is 13.6. The molecule has 3 rings (SSSR count). The van der Waals surface area contributed by atoms with Crippen molar-refractivity contribution in [2.24, 2.45) is 5.92 Å². The smallest absolute Gasteiger partial charge is 0.228 e. The fourth-order valence-electron chi connectivity index (χ4n) is 3.87. The van der Waals surface area contributed by atoms with E-state index in [0.29, 0.717) is 17.3 Å². The van der Waals surface area contributed by atoms with Gasteiger partial charge in [0.15, 0.2) is 0 Å². The minimum absolute atomic E-state index is 0.0601. The van der Waals surface area contributed by atoms with Crippen LogP contribution in [-0.2, 0) is 17.6 Å². The first kappa shape index (κ1) is 20.3. The number of para-hydroxylation sites is 1. The van der Waals surface area contributed by atoms with Gasteiger partial charge in [0.2, 0.25) is 5.91 Å². The molecule has 0 aliphatic carbocycles. The Morgan fingerprint density at radius 3 is 2.93 bits per heavy atom. The van der Waals surface area contributed by atoms with Gasteiger partial charge in [-0.25, -0.2) is 4.63 Å². The predicted octanol–water partition coefficient (Wildman–Crippen LogP) is 2.34. The second-order valence-electron chi connectivity index (χ2n) is 7.62. The zero-order valence-electron chi connectivity index (χ0n) is 17.1. The lowest BCUT2D eigenvalue weighted by molar-refractivity contribution is -0.130. The van der Waals surface area contributed by atoms with Crippen molar-refractivity contribution in [3.8, 4) is 5.75 Å². The lowest BCUT2D eigenvalue weighted by Gasteiger charge is -2.34. The molecular weight excluding hydrogens is 356 g/mol. The summed E-state index contributed by atoms with van der Waals surface area (Å²) < 4.78 is 10.1. The van der Waals surface area contributed by atoms with Gasteiger partial charge in [-0.15, -0.1) is 0 Å². The Hall–Kier alpha value is -2.41. The number of benzene rings is 1. The lowest BCUT2D eigenvalue weighted by Crippen LogP contribution is -2.42. The highest BCUT2D eigenvalue weighted by atomic mass is 16.6. The lowest BCUT2D eigenvalue weighted by atomic mass is 9.97. The van der Waals surface area contributed by atoms with E-state index in [1.54, 1.807) is 14.0 Å². The average Bonchev–Trinajstić information content (AvgIpc) is 3.11. The Labute approximate surface area is 166 Å². The van der Waals surface area contributed by atoms with Crippen molar-refractivity contribution < 1.29 is 14.2 Å². The van der Waals surface area contributed by atoms with Gasteiger partial charge in [-0.2, -0.15) is 0 Å². The van der Waals surface area contributed by atoms with E-state index in [9.17, 15) is 4.79 Å². The van der Waals surface area contributed by atoms with Gasteiger partial charge < -0.3 is 14.5 Å². The van der Waals surface area contributed by atoms with Gasteiger partial charge in [-0.3, -0.25) is 4.79 Å². The number of likely N-dealkylation sites (N-methyl/N-ethyl adjacent to an activating group) is 1. The maximum Gasteiger partial charge on any atom is 0.228 e. The maximum atomic E-state index is 12.5. The largest absolute Gasteiger partial charge is 0.496 e. The number of hydrogen-bond donors (Lipinski definition) is 0. The molecule has 0 bridgehead atoms. The molecule has 1 aromatic carbocycles. The molecule has 0 radical (unpaired) electrons. The van der Waals surface area contributed by atoms with Crippen LogP contribution in [0.1, 0.15) is 29.8 Å². The van der Waals surface area contributed by atoms with Crippen LogP contribution >= 0.6 is 0 Å². The number of ether oxygens (including phenoxy) is 1. The van der Waals surface area contributed by atoms with Crippen molar-refractivity contribution in [3.05, 3.63) is 41.2 Å². The Kier molecular flexibility index (Phi) is 7.03. The molecule has 1 amide bonds. The van der Waals surface area contributed by atoms with E-state index >= 15 is 0 Å². The van der Waals surface area contributed by atoms with Crippen LogP contribution in [0.5, 0.6) is 5.75 Å². The summed E-state index contributed by atoms with van der Waals surface area (Å²) in [5, 5.41) is 7.55. The van der Waals surface area contributed by atoms with E-state index in [2.05, 4.69) is 32.0 Å². The minimum Gasteiger partial charge on any atom is -0.496 e. The molecule has 152 valence electrons. The summed E-state index contributed by atoms with van der Waals surface area (Å²) in [4.78, 5) is 16.8. The zero-order chi connectivity index (χ0) is 19.9. The van der Waals surface area contributed by atoms with Crippen LogP contribution in [0.3, 0.4) is 0 Å². The van der Waals surface area contributed by atoms with Crippen LogP contribution in [0.25, 0.3) is 0 Å². The summed E-state index contributed by atoms with van der Waals surface area (Å²) in [6.07, 6.45) is 3.55. The summed E-state index contributed by atoms with van der Waals surface area (Å²) >= 11 is 0. The van der Waals surface area contributed by atoms with Crippen molar-refractivity contribution in [2.75, 3.05) is 40.3 Å². The van der Waals surface area contributed by atoms with E-state index in [-0.39, 0.29) is 12.3 Å². The number of amides is 1. The molecule has 0 saturated carbocycles. The highest BCUT2D eigenvalue weighted by molar-refractivity contribution is 5.78. The highest BCUT2D eigenvalue weighted by Crippen LogP contribution is 2.21. The molecule has 2 aromatic rings. The van der Waals surface area contributed by atoms with E-state index < -0.39 is 0 Å². The molecule has 1 saturated heterocycles. The van der Waals surface area contributed by atoms with Crippen molar-refractivity contribution in [1.82, 2.24) is 20.1 Å². The summed E-state index contributed by atoms with van der Waals surface area (Å²) in [7, 11) is 3.60. The number of hydrogen-bond acceptors (Lipinski definition) is 6. The first-order valence-electron chi connectivity index (χ1n) is 9.93. The summed E-state index contributed by atoms with van der Waals surface area (Å²) in [6.45, 7) is 5.73. The van der Waals surface area contributed by atoms with Gasteiger partial charge in [0.25, 0.3) is 0 Å². The fourth-order valence-corrected chi connectivity index (χ4v) is 3.87. The molecule has 1 aliphatic heterocycles. The predicted molar refractivity (Wildman–Crippen MR) is 106 cm³/mol. The number of likely N-dealkylation sites (tertiary alicyclic amines) is 1. The Bertz CT molecular complexity index is 777. The van der Waals surface area contributed by atoms with Crippen molar-refractivity contribution in [1.29, 1.82) is 0 Å². The Morgan fingerprint density at radius 2 is 2.18 bits per heavy atom. The number of aryl methyl sites for hydroxylation is 1. The third-order valence-corrected chi connectivity index (χ3v) is 5.52. The van der Waals surface area contributed by atoms with Gasteiger partial charge in [0.05, 0.1) is 13.5 Å². The Balaban J connectivity index is 1.47. The SMILES string of the molecule is COc1ccccc1CCN1CCC[C@@H](CN(C)C(=O)Cc2nonc2C)C1. The van der Waals surface area contributed by atoms with Crippen LogP contribution in [-0.4, -0.2) is 66.4 Å². The van der Waals surface area contributed by atoms with Crippen LogP contribution in [0, 0.1) is 12.8 Å². The molecule has 7 heteroatoms.